The van der Waals surface area contributed by atoms with E-state index in [1.165, 1.54) is 4.88 Å². The largest absolute Gasteiger partial charge is 0.377 e. The predicted molar refractivity (Wildman–Crippen MR) is 113 cm³/mol. The van der Waals surface area contributed by atoms with Gasteiger partial charge in [-0.05, 0) is 38.9 Å². The fraction of sp³-hybridized carbons (Fsp3) is 0.632. The van der Waals surface area contributed by atoms with Gasteiger partial charge < -0.3 is 20.3 Å². The molecule has 3 heterocycles. The van der Waals surface area contributed by atoms with Crippen molar-refractivity contribution in [3.63, 3.8) is 0 Å². The van der Waals surface area contributed by atoms with Crippen molar-refractivity contribution >= 4 is 17.3 Å². The second-order valence-electron chi connectivity index (χ2n) is 7.15. The molecule has 3 rings (SSSR count). The third kappa shape index (κ3) is 5.30. The molecule has 1 aliphatic rings. The van der Waals surface area contributed by atoms with Gasteiger partial charge >= 0.3 is 0 Å². The topological polar surface area (TPSA) is 79.6 Å². The summed E-state index contributed by atoms with van der Waals surface area (Å²) in [7, 11) is 5.87. The lowest BCUT2D eigenvalue weighted by Gasteiger charge is -2.26. The van der Waals surface area contributed by atoms with Gasteiger partial charge in [-0.25, -0.2) is 9.67 Å². The third-order valence-electron chi connectivity index (χ3n) is 4.78. The standard InChI is InChI=1S/C19H31N7OS/c1-5-20-19(21-11-15(25(2)3)16-7-6-10-28-16)22-14-8-9-18-23-17(13-27-4)24-26(18)12-14/h6-7,10,14-15H,5,8-9,11-13H2,1-4H3,(H2,20,21,22). The van der Waals surface area contributed by atoms with Gasteiger partial charge in [0.1, 0.15) is 12.4 Å². The SMILES string of the molecule is CCNC(=NCC(c1cccs1)N(C)C)NC1CCc2nc(COC)nn2C1. The van der Waals surface area contributed by atoms with Gasteiger partial charge in [-0.1, -0.05) is 6.07 Å². The summed E-state index contributed by atoms with van der Waals surface area (Å²) >= 11 is 1.78. The van der Waals surface area contributed by atoms with E-state index in [-0.39, 0.29) is 12.1 Å². The summed E-state index contributed by atoms with van der Waals surface area (Å²) in [5.41, 5.74) is 0. The average Bonchev–Trinajstić information content (AvgIpc) is 3.31. The maximum Gasteiger partial charge on any atom is 0.191 e. The second kappa shape index (κ2) is 9.99. The number of hydrogen-bond donors (Lipinski definition) is 2. The number of nitrogens with zero attached hydrogens (tertiary/aromatic N) is 5. The van der Waals surface area contributed by atoms with Gasteiger partial charge in [0.25, 0.3) is 0 Å². The number of guanidine groups is 1. The monoisotopic (exact) mass is 405 g/mol. The highest BCUT2D eigenvalue weighted by Crippen LogP contribution is 2.23. The number of fused-ring (bicyclic) bond motifs is 1. The Morgan fingerprint density at radius 1 is 1.50 bits per heavy atom. The molecule has 0 saturated carbocycles. The van der Waals surface area contributed by atoms with Crippen LogP contribution in [0.1, 0.15) is 35.9 Å². The lowest BCUT2D eigenvalue weighted by Crippen LogP contribution is -2.47. The summed E-state index contributed by atoms with van der Waals surface area (Å²) < 4.78 is 7.14. The zero-order valence-electron chi connectivity index (χ0n) is 17.2. The first-order valence-electron chi connectivity index (χ1n) is 9.77. The van der Waals surface area contributed by atoms with Crippen molar-refractivity contribution in [2.24, 2.45) is 4.99 Å². The minimum atomic E-state index is 0.278. The molecule has 2 atom stereocenters. The van der Waals surface area contributed by atoms with E-state index in [0.717, 1.165) is 43.5 Å². The van der Waals surface area contributed by atoms with E-state index in [1.54, 1.807) is 18.4 Å². The number of aromatic nitrogens is 3. The smallest absolute Gasteiger partial charge is 0.191 e. The van der Waals surface area contributed by atoms with E-state index in [9.17, 15) is 0 Å². The number of ether oxygens (including phenoxy) is 1. The number of thiophene rings is 1. The average molecular weight is 406 g/mol. The second-order valence-corrected chi connectivity index (χ2v) is 8.13. The van der Waals surface area contributed by atoms with E-state index in [2.05, 4.69) is 64.1 Å². The van der Waals surface area contributed by atoms with Gasteiger partial charge in [0.05, 0.1) is 19.1 Å². The van der Waals surface area contributed by atoms with E-state index in [1.807, 2.05) is 4.68 Å². The molecular formula is C19H31N7OS. The molecule has 0 radical (unpaired) electrons. The summed E-state index contributed by atoms with van der Waals surface area (Å²) in [6.07, 6.45) is 1.92. The van der Waals surface area contributed by atoms with Crippen LogP contribution in [0.15, 0.2) is 22.5 Å². The number of likely N-dealkylation sites (N-methyl/N-ethyl adjacent to an activating group) is 1. The van der Waals surface area contributed by atoms with Crippen molar-refractivity contribution in [1.29, 1.82) is 0 Å². The van der Waals surface area contributed by atoms with Crippen LogP contribution in [0.4, 0.5) is 0 Å². The molecule has 0 aliphatic carbocycles. The minimum Gasteiger partial charge on any atom is -0.377 e. The predicted octanol–water partition coefficient (Wildman–Crippen LogP) is 1.66. The summed E-state index contributed by atoms with van der Waals surface area (Å²) in [5.74, 6) is 2.65. The Balaban J connectivity index is 1.64. The van der Waals surface area contributed by atoms with Gasteiger partial charge in [0.2, 0.25) is 0 Å². The quantitative estimate of drug-likeness (QED) is 0.514. The zero-order chi connectivity index (χ0) is 19.9. The number of hydrogen-bond acceptors (Lipinski definition) is 6. The molecule has 2 aromatic heterocycles. The summed E-state index contributed by atoms with van der Waals surface area (Å²) in [4.78, 5) is 13.0. The Hall–Kier alpha value is -1.97. The first kappa shape index (κ1) is 20.8. The number of aryl methyl sites for hydroxylation is 1. The molecule has 2 N–H and O–H groups in total. The van der Waals surface area contributed by atoms with Crippen molar-refractivity contribution in [2.75, 3.05) is 34.3 Å². The molecule has 28 heavy (non-hydrogen) atoms. The highest BCUT2D eigenvalue weighted by Gasteiger charge is 2.23. The molecule has 1 aliphatic heterocycles. The van der Waals surface area contributed by atoms with Crippen LogP contribution in [0.5, 0.6) is 0 Å². The van der Waals surface area contributed by atoms with Crippen LogP contribution in [0.2, 0.25) is 0 Å². The van der Waals surface area contributed by atoms with Gasteiger partial charge in [0.15, 0.2) is 11.8 Å². The lowest BCUT2D eigenvalue weighted by molar-refractivity contribution is 0.177. The Morgan fingerprint density at radius 3 is 3.04 bits per heavy atom. The van der Waals surface area contributed by atoms with E-state index < -0.39 is 0 Å². The van der Waals surface area contributed by atoms with Crippen LogP contribution in [-0.4, -0.2) is 66.0 Å². The highest BCUT2D eigenvalue weighted by atomic mass is 32.1. The molecular weight excluding hydrogens is 374 g/mol. The normalized spacial score (nSPS) is 18.2. The fourth-order valence-electron chi connectivity index (χ4n) is 3.35. The zero-order valence-corrected chi connectivity index (χ0v) is 18.0. The lowest BCUT2D eigenvalue weighted by atomic mass is 10.1. The van der Waals surface area contributed by atoms with Crippen molar-refractivity contribution in [3.8, 4) is 0 Å². The van der Waals surface area contributed by atoms with Gasteiger partial charge in [-0.3, -0.25) is 4.99 Å². The molecule has 0 spiro atoms. The summed E-state index contributed by atoms with van der Waals surface area (Å²) in [6.45, 7) is 4.88. The van der Waals surface area contributed by atoms with Crippen LogP contribution in [0.25, 0.3) is 0 Å². The van der Waals surface area contributed by atoms with Crippen LogP contribution in [-0.2, 0) is 24.3 Å². The van der Waals surface area contributed by atoms with Crippen molar-refractivity contribution < 1.29 is 4.74 Å². The molecule has 8 nitrogen and oxygen atoms in total. The minimum absolute atomic E-state index is 0.278. The Labute approximate surface area is 171 Å². The van der Waals surface area contributed by atoms with Gasteiger partial charge in [-0.2, -0.15) is 5.10 Å². The van der Waals surface area contributed by atoms with Crippen LogP contribution in [0, 0.1) is 0 Å². The van der Waals surface area contributed by atoms with E-state index in [4.69, 9.17) is 9.73 Å². The van der Waals surface area contributed by atoms with Crippen LogP contribution >= 0.6 is 11.3 Å². The molecule has 0 bridgehead atoms. The van der Waals surface area contributed by atoms with Crippen LogP contribution in [0.3, 0.4) is 0 Å². The Kier molecular flexibility index (Phi) is 7.41. The van der Waals surface area contributed by atoms with E-state index >= 15 is 0 Å². The summed E-state index contributed by atoms with van der Waals surface area (Å²) in [5, 5.41) is 13.6. The Morgan fingerprint density at radius 2 is 2.36 bits per heavy atom. The molecule has 9 heteroatoms. The molecule has 2 unspecified atom stereocenters. The van der Waals surface area contributed by atoms with Crippen molar-refractivity contribution in [3.05, 3.63) is 34.0 Å². The third-order valence-corrected chi connectivity index (χ3v) is 5.75. The number of aliphatic imine (C=N–C) groups is 1. The molecule has 0 saturated heterocycles. The van der Waals surface area contributed by atoms with Gasteiger partial charge in [-0.15, -0.1) is 11.3 Å². The summed E-state index contributed by atoms with van der Waals surface area (Å²) in [6, 6.07) is 4.83. The first-order valence-corrected chi connectivity index (χ1v) is 10.6. The fourth-order valence-corrected chi connectivity index (χ4v) is 4.26. The maximum absolute atomic E-state index is 5.15. The molecule has 0 amide bonds. The van der Waals surface area contributed by atoms with Gasteiger partial charge in [0, 0.05) is 31.0 Å². The molecule has 0 aromatic carbocycles. The van der Waals surface area contributed by atoms with Crippen molar-refractivity contribution in [1.82, 2.24) is 30.3 Å². The molecule has 0 fully saturated rings. The number of rotatable bonds is 8. The Bertz CT molecular complexity index is 756. The number of methoxy groups -OCH3 is 1. The molecule has 154 valence electrons. The first-order chi connectivity index (χ1) is 13.6. The van der Waals surface area contributed by atoms with Crippen molar-refractivity contribution in [2.45, 2.75) is 45.0 Å². The maximum atomic E-state index is 5.15. The highest BCUT2D eigenvalue weighted by molar-refractivity contribution is 7.10. The van der Waals surface area contributed by atoms with E-state index in [0.29, 0.717) is 13.2 Å². The number of nitrogens with one attached hydrogen (secondary N) is 2. The van der Waals surface area contributed by atoms with Crippen LogP contribution < -0.4 is 10.6 Å². The molecule has 2 aromatic rings.